The van der Waals surface area contributed by atoms with E-state index in [1.165, 1.54) is 18.2 Å². The van der Waals surface area contributed by atoms with Gasteiger partial charge in [0.05, 0.1) is 10.7 Å². The van der Waals surface area contributed by atoms with E-state index in [9.17, 15) is 13.2 Å². The first-order chi connectivity index (χ1) is 8.00. The summed E-state index contributed by atoms with van der Waals surface area (Å²) in [6.45, 7) is 0. The van der Waals surface area contributed by atoms with Crippen LogP contribution >= 0.6 is 11.6 Å². The summed E-state index contributed by atoms with van der Waals surface area (Å²) in [6.07, 6.45) is 0. The molecule has 1 nitrogen and oxygen atoms in total. The molecule has 2 N–H and O–H groups in total. The largest absolute Gasteiger partial charge is 0.396 e. The Labute approximate surface area is 101 Å². The van der Waals surface area contributed by atoms with E-state index in [0.29, 0.717) is 0 Å². The van der Waals surface area contributed by atoms with Gasteiger partial charge in [-0.25, -0.2) is 13.2 Å². The summed E-state index contributed by atoms with van der Waals surface area (Å²) in [4.78, 5) is 0. The van der Waals surface area contributed by atoms with Gasteiger partial charge in [-0.2, -0.15) is 0 Å². The van der Waals surface area contributed by atoms with E-state index in [2.05, 4.69) is 0 Å². The highest BCUT2D eigenvalue weighted by Gasteiger charge is 2.13. The van der Waals surface area contributed by atoms with E-state index in [-0.39, 0.29) is 21.8 Å². The monoisotopic (exact) mass is 257 g/mol. The fourth-order valence-corrected chi connectivity index (χ4v) is 1.75. The Morgan fingerprint density at radius 2 is 1.53 bits per heavy atom. The molecule has 0 radical (unpaired) electrons. The molecule has 0 aromatic heterocycles. The van der Waals surface area contributed by atoms with Crippen molar-refractivity contribution in [2.75, 3.05) is 5.73 Å². The average Bonchev–Trinajstić information content (AvgIpc) is 2.28. The van der Waals surface area contributed by atoms with Gasteiger partial charge in [0.2, 0.25) is 0 Å². The van der Waals surface area contributed by atoms with Crippen molar-refractivity contribution in [2.45, 2.75) is 0 Å². The van der Waals surface area contributed by atoms with Gasteiger partial charge in [-0.15, -0.1) is 0 Å². The SMILES string of the molecule is Nc1c(F)cccc1-c1cc(F)c(F)cc1Cl. The molecule has 0 unspecified atom stereocenters. The molecule has 0 aliphatic heterocycles. The lowest BCUT2D eigenvalue weighted by molar-refractivity contribution is 0.509. The van der Waals surface area contributed by atoms with Crippen LogP contribution in [0.25, 0.3) is 11.1 Å². The first-order valence-electron chi connectivity index (χ1n) is 4.69. The lowest BCUT2D eigenvalue weighted by Gasteiger charge is -2.09. The third-order valence-electron chi connectivity index (χ3n) is 2.35. The molecule has 0 aliphatic rings. The van der Waals surface area contributed by atoms with E-state index in [0.717, 1.165) is 12.1 Å². The third kappa shape index (κ3) is 2.08. The second-order valence-electron chi connectivity index (χ2n) is 3.45. The second-order valence-corrected chi connectivity index (χ2v) is 3.85. The van der Waals surface area contributed by atoms with Gasteiger partial charge in [0, 0.05) is 11.1 Å². The van der Waals surface area contributed by atoms with Gasteiger partial charge in [-0.05, 0) is 18.2 Å². The van der Waals surface area contributed by atoms with E-state index >= 15 is 0 Å². The fraction of sp³-hybridized carbons (Fsp3) is 0. The quantitative estimate of drug-likeness (QED) is 0.606. The first kappa shape index (κ1) is 11.8. The Morgan fingerprint density at radius 3 is 2.24 bits per heavy atom. The minimum atomic E-state index is -1.06. The minimum absolute atomic E-state index is 0.0267. The Morgan fingerprint density at radius 1 is 0.882 bits per heavy atom. The van der Waals surface area contributed by atoms with Crippen molar-refractivity contribution in [2.24, 2.45) is 0 Å². The van der Waals surface area contributed by atoms with Gasteiger partial charge >= 0.3 is 0 Å². The predicted octanol–water partition coefficient (Wildman–Crippen LogP) is 4.01. The zero-order valence-electron chi connectivity index (χ0n) is 8.48. The van der Waals surface area contributed by atoms with Crippen LogP contribution in [0.5, 0.6) is 0 Å². The van der Waals surface area contributed by atoms with Crippen LogP contribution < -0.4 is 5.73 Å². The van der Waals surface area contributed by atoms with E-state index in [1.54, 1.807) is 0 Å². The molecule has 0 heterocycles. The molecule has 0 saturated heterocycles. The van der Waals surface area contributed by atoms with E-state index in [1.807, 2.05) is 0 Å². The molecule has 5 heteroatoms. The molecule has 0 aliphatic carbocycles. The van der Waals surface area contributed by atoms with Crippen LogP contribution in [0.2, 0.25) is 5.02 Å². The highest BCUT2D eigenvalue weighted by molar-refractivity contribution is 6.33. The smallest absolute Gasteiger partial charge is 0.160 e. The van der Waals surface area contributed by atoms with Gasteiger partial charge in [-0.3, -0.25) is 0 Å². The van der Waals surface area contributed by atoms with E-state index in [4.69, 9.17) is 17.3 Å². The number of para-hydroxylation sites is 1. The summed E-state index contributed by atoms with van der Waals surface area (Å²) >= 11 is 5.78. The van der Waals surface area contributed by atoms with Crippen LogP contribution in [0.3, 0.4) is 0 Å². The number of nitrogen functional groups attached to an aromatic ring is 1. The van der Waals surface area contributed by atoms with Crippen molar-refractivity contribution in [1.82, 2.24) is 0 Å². The summed E-state index contributed by atoms with van der Waals surface area (Å²) < 4.78 is 39.2. The maximum Gasteiger partial charge on any atom is 0.160 e. The molecule has 0 saturated carbocycles. The molecule has 88 valence electrons. The number of nitrogens with two attached hydrogens (primary N) is 1. The molecule has 0 spiro atoms. The molecule has 0 bridgehead atoms. The van der Waals surface area contributed by atoms with Crippen molar-refractivity contribution in [3.8, 4) is 11.1 Å². The molecule has 2 aromatic carbocycles. The van der Waals surface area contributed by atoms with Gasteiger partial charge in [0.25, 0.3) is 0 Å². The van der Waals surface area contributed by atoms with E-state index < -0.39 is 17.5 Å². The van der Waals surface area contributed by atoms with Gasteiger partial charge < -0.3 is 5.73 Å². The molecule has 17 heavy (non-hydrogen) atoms. The van der Waals surface area contributed by atoms with Crippen LogP contribution in [0.1, 0.15) is 0 Å². The van der Waals surface area contributed by atoms with Crippen LogP contribution in [0.15, 0.2) is 30.3 Å². The van der Waals surface area contributed by atoms with Crippen molar-refractivity contribution in [3.63, 3.8) is 0 Å². The summed E-state index contributed by atoms with van der Waals surface area (Å²) in [5, 5.41) is -0.0267. The van der Waals surface area contributed by atoms with Gasteiger partial charge in [0.15, 0.2) is 11.6 Å². The third-order valence-corrected chi connectivity index (χ3v) is 2.67. The predicted molar refractivity (Wildman–Crippen MR) is 61.2 cm³/mol. The first-order valence-corrected chi connectivity index (χ1v) is 5.07. The van der Waals surface area contributed by atoms with Crippen LogP contribution in [0, 0.1) is 17.5 Å². The number of hydrogen-bond acceptors (Lipinski definition) is 1. The van der Waals surface area contributed by atoms with Crippen molar-refractivity contribution < 1.29 is 13.2 Å². The Bertz CT molecular complexity index is 584. The molecule has 0 amide bonds. The van der Waals surface area contributed by atoms with Gasteiger partial charge in [-0.1, -0.05) is 23.7 Å². The molecular formula is C12H7ClF3N. The fourth-order valence-electron chi connectivity index (χ4n) is 1.50. The van der Waals surface area contributed by atoms with Crippen LogP contribution in [-0.4, -0.2) is 0 Å². The summed E-state index contributed by atoms with van der Waals surface area (Å²) in [5.74, 6) is -2.76. The Hall–Kier alpha value is -1.68. The summed E-state index contributed by atoms with van der Waals surface area (Å²) in [7, 11) is 0. The number of hydrogen-bond donors (Lipinski definition) is 1. The molecule has 0 atom stereocenters. The summed E-state index contributed by atoms with van der Waals surface area (Å²) in [6, 6.07) is 5.79. The molecule has 2 aromatic rings. The standard InChI is InChI=1S/C12H7ClF3N/c13-8-5-11(16)10(15)4-7(8)6-2-1-3-9(14)12(6)17/h1-5H,17H2. The zero-order chi connectivity index (χ0) is 12.6. The molecule has 0 fully saturated rings. The lowest BCUT2D eigenvalue weighted by Crippen LogP contribution is -1.96. The number of benzene rings is 2. The van der Waals surface area contributed by atoms with Crippen molar-refractivity contribution in [3.05, 3.63) is 52.8 Å². The normalized spacial score (nSPS) is 10.6. The van der Waals surface area contributed by atoms with Crippen LogP contribution in [0.4, 0.5) is 18.9 Å². The maximum atomic E-state index is 13.2. The summed E-state index contributed by atoms with van der Waals surface area (Å²) in [5.41, 5.74) is 5.76. The van der Waals surface area contributed by atoms with Gasteiger partial charge in [0.1, 0.15) is 5.82 Å². The maximum absolute atomic E-state index is 13.2. The van der Waals surface area contributed by atoms with Crippen LogP contribution in [-0.2, 0) is 0 Å². The minimum Gasteiger partial charge on any atom is -0.396 e. The number of halogens is 4. The average molecular weight is 258 g/mol. The number of rotatable bonds is 1. The van der Waals surface area contributed by atoms with Crippen molar-refractivity contribution >= 4 is 17.3 Å². The Kier molecular flexibility index (Phi) is 2.98. The highest BCUT2D eigenvalue weighted by atomic mass is 35.5. The second kappa shape index (κ2) is 4.30. The Balaban J connectivity index is 2.69. The number of anilines is 1. The van der Waals surface area contributed by atoms with Crippen molar-refractivity contribution in [1.29, 1.82) is 0 Å². The lowest BCUT2D eigenvalue weighted by atomic mass is 10.0. The zero-order valence-corrected chi connectivity index (χ0v) is 9.23. The molecular weight excluding hydrogens is 251 g/mol. The topological polar surface area (TPSA) is 26.0 Å². The highest BCUT2D eigenvalue weighted by Crippen LogP contribution is 2.34. The molecule has 2 rings (SSSR count).